The van der Waals surface area contributed by atoms with Gasteiger partial charge in [-0.25, -0.2) is 4.68 Å². The van der Waals surface area contributed by atoms with E-state index in [0.717, 1.165) is 43.5 Å². The Hall–Kier alpha value is -2.10. The van der Waals surface area contributed by atoms with Crippen molar-refractivity contribution in [2.75, 3.05) is 5.32 Å². The molecule has 6 nitrogen and oxygen atoms in total. The number of benzene rings is 1. The molecule has 0 aliphatic heterocycles. The van der Waals surface area contributed by atoms with Crippen LogP contribution in [0.25, 0.3) is 0 Å². The van der Waals surface area contributed by atoms with Crippen molar-refractivity contribution in [3.63, 3.8) is 0 Å². The van der Waals surface area contributed by atoms with Crippen LogP contribution >= 0.6 is 11.8 Å². The average molecular weight is 385 g/mol. The Morgan fingerprint density at radius 1 is 1.31 bits per heavy atom. The summed E-state index contributed by atoms with van der Waals surface area (Å²) in [6, 6.07) is 5.12. The molecule has 1 saturated carbocycles. The first-order valence-electron chi connectivity index (χ1n) is 8.28. The molecule has 0 saturated heterocycles. The van der Waals surface area contributed by atoms with Crippen molar-refractivity contribution in [3.8, 4) is 0 Å². The van der Waals surface area contributed by atoms with Crippen LogP contribution in [0, 0.1) is 0 Å². The van der Waals surface area contributed by atoms with E-state index in [2.05, 4.69) is 20.8 Å². The van der Waals surface area contributed by atoms with Crippen LogP contribution in [0.1, 0.15) is 44.2 Å². The molecule has 1 aromatic carbocycles. The number of nitrogens with zero attached hydrogens (tertiary/aromatic N) is 4. The van der Waals surface area contributed by atoms with Crippen LogP contribution in [0.4, 0.5) is 18.9 Å². The predicted octanol–water partition coefficient (Wildman–Crippen LogP) is 3.93. The van der Waals surface area contributed by atoms with Gasteiger partial charge in [-0.05, 0) is 42.3 Å². The van der Waals surface area contributed by atoms with Gasteiger partial charge in [0.25, 0.3) is 0 Å². The summed E-state index contributed by atoms with van der Waals surface area (Å²) >= 11 is 1.14. The van der Waals surface area contributed by atoms with Crippen LogP contribution in [0.15, 0.2) is 29.4 Å². The van der Waals surface area contributed by atoms with Gasteiger partial charge in [0.05, 0.1) is 22.5 Å². The zero-order chi connectivity index (χ0) is 18.7. The number of alkyl halides is 3. The molecule has 1 aliphatic rings. The fourth-order valence-corrected chi connectivity index (χ4v) is 3.79. The molecule has 1 aromatic heterocycles. The highest BCUT2D eigenvalue weighted by Crippen LogP contribution is 2.35. The van der Waals surface area contributed by atoms with E-state index in [-0.39, 0.29) is 11.7 Å². The molecular weight excluding hydrogens is 367 g/mol. The summed E-state index contributed by atoms with van der Waals surface area (Å²) in [5.41, 5.74) is -1.13. The van der Waals surface area contributed by atoms with Gasteiger partial charge >= 0.3 is 6.18 Å². The number of amides is 1. The average Bonchev–Trinajstić information content (AvgIpc) is 3.25. The van der Waals surface area contributed by atoms with E-state index in [9.17, 15) is 18.0 Å². The Bertz CT molecular complexity index is 773. The molecular formula is C16H18F3N5OS. The van der Waals surface area contributed by atoms with E-state index >= 15 is 0 Å². The van der Waals surface area contributed by atoms with Gasteiger partial charge in [0, 0.05) is 0 Å². The summed E-state index contributed by atoms with van der Waals surface area (Å²) in [5, 5.41) is 13.8. The summed E-state index contributed by atoms with van der Waals surface area (Å²) in [4.78, 5) is 12.4. The Morgan fingerprint density at radius 3 is 2.69 bits per heavy atom. The molecule has 1 fully saturated rings. The van der Waals surface area contributed by atoms with Crippen molar-refractivity contribution in [2.24, 2.45) is 0 Å². The maximum Gasteiger partial charge on any atom is 0.418 e. The molecule has 1 atom stereocenters. The molecule has 2 aromatic rings. The molecule has 26 heavy (non-hydrogen) atoms. The van der Waals surface area contributed by atoms with Gasteiger partial charge in [-0.2, -0.15) is 13.2 Å². The molecule has 1 amide bonds. The number of para-hydroxylation sites is 1. The Labute approximate surface area is 152 Å². The van der Waals surface area contributed by atoms with Crippen molar-refractivity contribution in [2.45, 2.75) is 55.2 Å². The van der Waals surface area contributed by atoms with Gasteiger partial charge in [0.1, 0.15) is 0 Å². The fourth-order valence-electron chi connectivity index (χ4n) is 2.93. The Kier molecular flexibility index (Phi) is 5.49. The molecule has 10 heteroatoms. The lowest BCUT2D eigenvalue weighted by Crippen LogP contribution is -2.25. The summed E-state index contributed by atoms with van der Waals surface area (Å²) in [7, 11) is 0. The van der Waals surface area contributed by atoms with Gasteiger partial charge in [-0.1, -0.05) is 36.7 Å². The topological polar surface area (TPSA) is 72.7 Å². The number of tetrazole rings is 1. The molecule has 1 N–H and O–H groups in total. The van der Waals surface area contributed by atoms with E-state index in [4.69, 9.17) is 0 Å². The second-order valence-electron chi connectivity index (χ2n) is 6.14. The van der Waals surface area contributed by atoms with Gasteiger partial charge in [-0.3, -0.25) is 4.79 Å². The summed E-state index contributed by atoms with van der Waals surface area (Å²) < 4.78 is 40.8. The largest absolute Gasteiger partial charge is 0.418 e. The number of aromatic nitrogens is 4. The molecule has 1 unspecified atom stereocenters. The SMILES string of the molecule is CC(Sc1nnnn1C1CCCC1)C(=O)Nc1ccccc1C(F)(F)F. The Morgan fingerprint density at radius 2 is 2.00 bits per heavy atom. The number of thioether (sulfide) groups is 1. The number of hydrogen-bond acceptors (Lipinski definition) is 5. The second kappa shape index (κ2) is 7.65. The highest BCUT2D eigenvalue weighted by Gasteiger charge is 2.34. The molecule has 0 radical (unpaired) electrons. The first kappa shape index (κ1) is 18.7. The zero-order valence-corrected chi connectivity index (χ0v) is 14.8. The number of carbonyl (C=O) groups excluding carboxylic acids is 1. The molecule has 0 spiro atoms. The lowest BCUT2D eigenvalue weighted by molar-refractivity contribution is -0.137. The van der Waals surface area contributed by atoms with Crippen LogP contribution in [-0.4, -0.2) is 31.4 Å². The highest BCUT2D eigenvalue weighted by atomic mass is 32.2. The number of hydrogen-bond donors (Lipinski definition) is 1. The summed E-state index contributed by atoms with van der Waals surface area (Å²) in [6.07, 6.45) is -0.346. The van der Waals surface area contributed by atoms with Gasteiger partial charge in [0.2, 0.25) is 11.1 Å². The Balaban J connectivity index is 1.69. The molecule has 140 valence electrons. The number of anilines is 1. The molecule has 1 aliphatic carbocycles. The number of carbonyl (C=O) groups is 1. The molecule has 1 heterocycles. The molecule has 3 rings (SSSR count). The first-order valence-corrected chi connectivity index (χ1v) is 9.16. The smallest absolute Gasteiger partial charge is 0.325 e. The van der Waals surface area contributed by atoms with E-state index in [1.807, 2.05) is 0 Å². The lowest BCUT2D eigenvalue weighted by Gasteiger charge is -2.16. The highest BCUT2D eigenvalue weighted by molar-refractivity contribution is 8.00. The minimum Gasteiger partial charge on any atom is -0.325 e. The summed E-state index contributed by atoms with van der Waals surface area (Å²) in [5.74, 6) is -0.535. The predicted molar refractivity (Wildman–Crippen MR) is 90.7 cm³/mol. The van der Waals surface area contributed by atoms with Crippen molar-refractivity contribution in [3.05, 3.63) is 29.8 Å². The third-order valence-corrected chi connectivity index (χ3v) is 5.32. The van der Waals surface area contributed by atoms with Gasteiger partial charge in [-0.15, -0.1) is 5.10 Å². The normalized spacial score (nSPS) is 16.6. The standard InChI is InChI=1S/C16H18F3N5OS/c1-10(26-15-21-22-23-24(15)11-6-2-3-7-11)14(25)20-13-9-5-4-8-12(13)16(17,18)19/h4-5,8-11H,2-3,6-7H2,1H3,(H,20,25). The zero-order valence-electron chi connectivity index (χ0n) is 14.0. The van der Waals surface area contributed by atoms with E-state index in [1.54, 1.807) is 11.6 Å². The van der Waals surface area contributed by atoms with Crippen molar-refractivity contribution >= 4 is 23.4 Å². The van der Waals surface area contributed by atoms with Crippen LogP contribution in [0.5, 0.6) is 0 Å². The second-order valence-corrected chi connectivity index (χ2v) is 7.44. The van der Waals surface area contributed by atoms with Crippen molar-refractivity contribution in [1.29, 1.82) is 0 Å². The third-order valence-electron chi connectivity index (χ3n) is 4.27. The maximum absolute atomic E-state index is 13.0. The van der Waals surface area contributed by atoms with E-state index in [0.29, 0.717) is 5.16 Å². The fraction of sp³-hybridized carbons (Fsp3) is 0.500. The quantitative estimate of drug-likeness (QED) is 0.790. The maximum atomic E-state index is 13.0. The third kappa shape index (κ3) is 4.17. The minimum atomic E-state index is -4.53. The van der Waals surface area contributed by atoms with E-state index in [1.165, 1.54) is 18.2 Å². The van der Waals surface area contributed by atoms with Crippen LogP contribution in [0.2, 0.25) is 0 Å². The van der Waals surface area contributed by atoms with Crippen LogP contribution in [0.3, 0.4) is 0 Å². The van der Waals surface area contributed by atoms with Crippen molar-refractivity contribution < 1.29 is 18.0 Å². The van der Waals surface area contributed by atoms with Gasteiger partial charge in [0.15, 0.2) is 0 Å². The number of nitrogens with one attached hydrogen (secondary N) is 1. The number of rotatable bonds is 5. The summed E-state index contributed by atoms with van der Waals surface area (Å²) in [6.45, 7) is 1.61. The van der Waals surface area contributed by atoms with Crippen LogP contribution in [-0.2, 0) is 11.0 Å². The van der Waals surface area contributed by atoms with Crippen molar-refractivity contribution in [1.82, 2.24) is 20.2 Å². The first-order chi connectivity index (χ1) is 12.4. The lowest BCUT2D eigenvalue weighted by atomic mass is 10.1. The minimum absolute atomic E-state index is 0.216. The van der Waals surface area contributed by atoms with E-state index < -0.39 is 22.9 Å². The monoisotopic (exact) mass is 385 g/mol. The molecule has 0 bridgehead atoms. The van der Waals surface area contributed by atoms with Crippen LogP contribution < -0.4 is 5.32 Å². The number of halogens is 3. The van der Waals surface area contributed by atoms with Gasteiger partial charge < -0.3 is 5.32 Å².